The number of fused-ring (bicyclic) bond motifs is 1. The highest BCUT2D eigenvalue weighted by molar-refractivity contribution is 6.33. The van der Waals surface area contributed by atoms with Gasteiger partial charge in [-0.05, 0) is 56.4 Å². The van der Waals surface area contributed by atoms with Gasteiger partial charge in [-0.25, -0.2) is 19.9 Å². The number of rotatable bonds is 6. The van der Waals surface area contributed by atoms with E-state index in [1.54, 1.807) is 6.20 Å². The molecular formula is C27H26ClF3N8O2. The number of benzene rings is 2. The number of nitrogens with one attached hydrogen (secondary N) is 2. The van der Waals surface area contributed by atoms with E-state index in [2.05, 4.69) is 42.4 Å². The molecule has 2 aromatic carbocycles. The molecule has 14 heteroatoms. The molecule has 0 unspecified atom stereocenters. The number of methoxy groups -OCH3 is 1. The summed E-state index contributed by atoms with van der Waals surface area (Å²) < 4.78 is 45.1. The predicted octanol–water partition coefficient (Wildman–Crippen LogP) is 5.24. The highest BCUT2D eigenvalue weighted by atomic mass is 35.5. The molecule has 2 aromatic heterocycles. The van der Waals surface area contributed by atoms with Crippen LogP contribution in [0.1, 0.15) is 22.3 Å². The monoisotopic (exact) mass is 586 g/mol. The Balaban J connectivity index is 1.40. The van der Waals surface area contributed by atoms with E-state index in [9.17, 15) is 18.0 Å². The minimum absolute atomic E-state index is 0.0432. The maximum atomic E-state index is 13.4. The van der Waals surface area contributed by atoms with Crippen LogP contribution in [-0.2, 0) is 6.18 Å². The number of hydrogen-bond donors (Lipinski definition) is 2. The number of halogens is 4. The summed E-state index contributed by atoms with van der Waals surface area (Å²) >= 11 is 6.43. The number of alkyl halides is 3. The molecule has 0 bridgehead atoms. The minimum atomic E-state index is -4.66. The first-order chi connectivity index (χ1) is 19.6. The molecular weight excluding hydrogens is 561 g/mol. The van der Waals surface area contributed by atoms with E-state index in [4.69, 9.17) is 21.3 Å². The standard InChI is InChI=1S/C27H26ClF3N8O2/c1-38-8-3-9-39(11-10-38)26-32-14-21-23(37-26)24(34-15-33-21)36-20-12-16(4-6-19(20)28)25(40)35-17-5-7-22(41-2)18(13-17)27(29,30)31/h4-7,12-15H,3,8-11H2,1-2H3,(H,35,40)(H,33,34,36). The molecule has 41 heavy (non-hydrogen) atoms. The Morgan fingerprint density at radius 2 is 1.88 bits per heavy atom. The summed E-state index contributed by atoms with van der Waals surface area (Å²) in [5.41, 5.74) is 0.450. The van der Waals surface area contributed by atoms with Gasteiger partial charge in [0.2, 0.25) is 5.95 Å². The summed E-state index contributed by atoms with van der Waals surface area (Å²) in [5.74, 6) is -0.0652. The van der Waals surface area contributed by atoms with Gasteiger partial charge in [0.15, 0.2) is 5.82 Å². The van der Waals surface area contributed by atoms with Crippen LogP contribution in [0.3, 0.4) is 0 Å². The number of aromatic nitrogens is 4. The van der Waals surface area contributed by atoms with Crippen molar-refractivity contribution in [1.82, 2.24) is 24.8 Å². The SMILES string of the molecule is COc1ccc(NC(=O)c2ccc(Cl)c(Nc3ncnc4cnc(N5CCCN(C)CC5)nc34)c2)cc1C(F)(F)F. The van der Waals surface area contributed by atoms with Crippen molar-refractivity contribution < 1.29 is 22.7 Å². The van der Waals surface area contributed by atoms with E-state index in [0.29, 0.717) is 33.5 Å². The van der Waals surface area contributed by atoms with Gasteiger partial charge in [-0.15, -0.1) is 0 Å². The lowest BCUT2D eigenvalue weighted by molar-refractivity contribution is -0.138. The Hall–Kier alpha value is -4.23. The number of carbonyl (C=O) groups excluding carboxylic acids is 1. The highest BCUT2D eigenvalue weighted by Crippen LogP contribution is 2.38. The molecule has 0 radical (unpaired) electrons. The maximum Gasteiger partial charge on any atom is 0.420 e. The highest BCUT2D eigenvalue weighted by Gasteiger charge is 2.34. The molecule has 1 aliphatic rings. The first-order valence-electron chi connectivity index (χ1n) is 12.7. The molecule has 3 heterocycles. The van der Waals surface area contributed by atoms with Crippen molar-refractivity contribution in [2.75, 3.05) is 55.9 Å². The third kappa shape index (κ3) is 6.41. The van der Waals surface area contributed by atoms with Crippen LogP contribution in [0.2, 0.25) is 5.02 Å². The van der Waals surface area contributed by atoms with Crippen molar-refractivity contribution in [1.29, 1.82) is 0 Å². The topological polar surface area (TPSA) is 108 Å². The third-order valence-electron chi connectivity index (χ3n) is 6.61. The van der Waals surface area contributed by atoms with Gasteiger partial charge >= 0.3 is 6.18 Å². The molecule has 1 amide bonds. The van der Waals surface area contributed by atoms with E-state index in [0.717, 1.165) is 51.8 Å². The largest absolute Gasteiger partial charge is 0.496 e. The lowest BCUT2D eigenvalue weighted by atomic mass is 10.1. The smallest absolute Gasteiger partial charge is 0.420 e. The third-order valence-corrected chi connectivity index (χ3v) is 6.94. The summed E-state index contributed by atoms with van der Waals surface area (Å²) in [6, 6.07) is 7.74. The average Bonchev–Trinajstić information content (AvgIpc) is 3.18. The van der Waals surface area contributed by atoms with Crippen molar-refractivity contribution in [3.63, 3.8) is 0 Å². The van der Waals surface area contributed by atoms with Crippen molar-refractivity contribution in [3.05, 3.63) is 65.1 Å². The number of anilines is 4. The number of carbonyl (C=O) groups is 1. The van der Waals surface area contributed by atoms with Gasteiger partial charge in [0.25, 0.3) is 5.91 Å². The van der Waals surface area contributed by atoms with E-state index >= 15 is 0 Å². The van der Waals surface area contributed by atoms with Gasteiger partial charge in [-0.1, -0.05) is 11.6 Å². The van der Waals surface area contributed by atoms with Crippen molar-refractivity contribution in [3.8, 4) is 5.75 Å². The summed E-state index contributed by atoms with van der Waals surface area (Å²) in [7, 11) is 3.22. The fourth-order valence-corrected chi connectivity index (χ4v) is 4.60. The van der Waals surface area contributed by atoms with E-state index in [1.165, 1.54) is 30.6 Å². The van der Waals surface area contributed by atoms with Gasteiger partial charge in [-0.2, -0.15) is 13.2 Å². The fourth-order valence-electron chi connectivity index (χ4n) is 4.44. The quantitative estimate of drug-likeness (QED) is 0.314. The van der Waals surface area contributed by atoms with Gasteiger partial charge in [0.05, 0.1) is 29.6 Å². The van der Waals surface area contributed by atoms with Crippen LogP contribution in [0, 0.1) is 0 Å². The molecule has 1 aliphatic heterocycles. The molecule has 1 saturated heterocycles. The molecule has 0 spiro atoms. The number of amides is 1. The minimum Gasteiger partial charge on any atom is -0.496 e. The zero-order valence-electron chi connectivity index (χ0n) is 22.2. The van der Waals surface area contributed by atoms with Crippen LogP contribution in [0.25, 0.3) is 11.0 Å². The summed E-state index contributed by atoms with van der Waals surface area (Å²) in [5, 5.41) is 5.91. The van der Waals surface area contributed by atoms with Crippen LogP contribution >= 0.6 is 11.6 Å². The maximum absolute atomic E-state index is 13.4. The Kier molecular flexibility index (Phi) is 8.08. The second-order valence-corrected chi connectivity index (χ2v) is 9.86. The van der Waals surface area contributed by atoms with Gasteiger partial charge < -0.3 is 25.2 Å². The zero-order chi connectivity index (χ0) is 29.1. The molecule has 0 atom stereocenters. The van der Waals surface area contributed by atoms with E-state index in [-0.39, 0.29) is 17.0 Å². The van der Waals surface area contributed by atoms with Crippen LogP contribution in [0.4, 0.5) is 36.3 Å². The molecule has 2 N–H and O–H groups in total. The van der Waals surface area contributed by atoms with Crippen molar-refractivity contribution in [2.45, 2.75) is 12.6 Å². The lowest BCUT2D eigenvalue weighted by Gasteiger charge is -2.20. The Morgan fingerprint density at radius 3 is 2.66 bits per heavy atom. The Morgan fingerprint density at radius 1 is 1.05 bits per heavy atom. The van der Waals surface area contributed by atoms with Gasteiger partial charge in [0.1, 0.15) is 23.1 Å². The summed E-state index contributed by atoms with van der Waals surface area (Å²) in [6.07, 6.45) is -0.681. The molecule has 10 nitrogen and oxygen atoms in total. The van der Waals surface area contributed by atoms with E-state index in [1.807, 2.05) is 0 Å². The van der Waals surface area contributed by atoms with E-state index < -0.39 is 17.6 Å². The molecule has 0 aliphatic carbocycles. The summed E-state index contributed by atoms with van der Waals surface area (Å²) in [6.45, 7) is 3.47. The Labute approximate surface area is 238 Å². The van der Waals surface area contributed by atoms with Crippen molar-refractivity contribution in [2.24, 2.45) is 0 Å². The first-order valence-corrected chi connectivity index (χ1v) is 13.0. The number of ether oxygens (including phenoxy) is 1. The second kappa shape index (κ2) is 11.7. The van der Waals surface area contributed by atoms with Crippen LogP contribution < -0.4 is 20.3 Å². The lowest BCUT2D eigenvalue weighted by Crippen LogP contribution is -2.30. The van der Waals surface area contributed by atoms with Crippen LogP contribution in [0.15, 0.2) is 48.9 Å². The number of likely N-dealkylation sites (N-methyl/N-ethyl adjacent to an activating group) is 1. The molecule has 214 valence electrons. The second-order valence-electron chi connectivity index (χ2n) is 9.46. The van der Waals surface area contributed by atoms with Gasteiger partial charge in [-0.3, -0.25) is 4.79 Å². The molecule has 1 fully saturated rings. The van der Waals surface area contributed by atoms with Crippen LogP contribution in [-0.4, -0.2) is 71.1 Å². The molecule has 5 rings (SSSR count). The average molecular weight is 587 g/mol. The number of nitrogens with zero attached hydrogens (tertiary/aromatic N) is 6. The fraction of sp³-hybridized carbons (Fsp3) is 0.296. The zero-order valence-corrected chi connectivity index (χ0v) is 22.9. The normalized spacial score (nSPS) is 14.5. The number of hydrogen-bond acceptors (Lipinski definition) is 9. The molecule has 0 saturated carbocycles. The first kappa shape index (κ1) is 28.3. The van der Waals surface area contributed by atoms with Crippen LogP contribution in [0.5, 0.6) is 5.75 Å². The summed E-state index contributed by atoms with van der Waals surface area (Å²) in [4.78, 5) is 35.2. The van der Waals surface area contributed by atoms with Gasteiger partial charge in [0, 0.05) is 30.9 Å². The predicted molar refractivity (Wildman–Crippen MR) is 150 cm³/mol. The Bertz CT molecular complexity index is 1590. The molecule has 4 aromatic rings. The van der Waals surface area contributed by atoms with Crippen molar-refractivity contribution >= 4 is 51.7 Å².